The maximum atomic E-state index is 12.0. The number of carbonyl (C=O) groups is 1. The lowest BCUT2D eigenvalue weighted by atomic mass is 10.1. The molecule has 0 heterocycles. The van der Waals surface area contributed by atoms with Crippen molar-refractivity contribution in [3.8, 4) is 5.75 Å². The molecule has 1 unspecified atom stereocenters. The molecule has 0 radical (unpaired) electrons. The van der Waals surface area contributed by atoms with E-state index < -0.39 is 0 Å². The van der Waals surface area contributed by atoms with Crippen LogP contribution in [0.15, 0.2) is 24.3 Å². The number of nitrogens with one attached hydrogen (secondary N) is 1. The number of rotatable bonds is 7. The van der Waals surface area contributed by atoms with Crippen LogP contribution < -0.4 is 10.1 Å². The Bertz CT molecular complexity index is 404. The summed E-state index contributed by atoms with van der Waals surface area (Å²) in [5.74, 6) is 0.588. The van der Waals surface area contributed by atoms with Crippen molar-refractivity contribution in [3.63, 3.8) is 0 Å². The number of ether oxygens (including phenoxy) is 1. The van der Waals surface area contributed by atoms with Gasteiger partial charge in [-0.1, -0.05) is 6.07 Å². The summed E-state index contributed by atoms with van der Waals surface area (Å²) in [5.41, 5.74) is 0.592. The molecule has 2 N–H and O–H groups in total. The highest BCUT2D eigenvalue weighted by molar-refractivity contribution is 5.94. The van der Waals surface area contributed by atoms with Crippen LogP contribution in [0.4, 0.5) is 0 Å². The summed E-state index contributed by atoms with van der Waals surface area (Å²) in [5, 5.41) is 11.7. The fourth-order valence-electron chi connectivity index (χ4n) is 1.76. The summed E-state index contributed by atoms with van der Waals surface area (Å²) in [7, 11) is 0. The molecule has 1 atom stereocenters. The molecule has 0 bridgehead atoms. The topological polar surface area (TPSA) is 58.6 Å². The quantitative estimate of drug-likeness (QED) is 0.795. The average Bonchev–Trinajstić information content (AvgIpc) is 2.35. The van der Waals surface area contributed by atoms with Crippen LogP contribution in [-0.2, 0) is 0 Å². The van der Waals surface area contributed by atoms with Gasteiger partial charge in [0.15, 0.2) is 0 Å². The van der Waals surface area contributed by atoms with Gasteiger partial charge in [-0.2, -0.15) is 0 Å². The third kappa shape index (κ3) is 5.75. The van der Waals surface area contributed by atoms with Gasteiger partial charge in [0.25, 0.3) is 5.91 Å². The highest BCUT2D eigenvalue weighted by atomic mass is 16.5. The van der Waals surface area contributed by atoms with Crippen LogP contribution in [0, 0.1) is 0 Å². The molecule has 0 aliphatic heterocycles. The predicted octanol–water partition coefficient (Wildman–Crippen LogP) is 2.36. The third-order valence-electron chi connectivity index (χ3n) is 2.64. The second-order valence-corrected chi connectivity index (χ2v) is 4.93. The van der Waals surface area contributed by atoms with Gasteiger partial charge in [-0.05, 0) is 51.8 Å². The van der Waals surface area contributed by atoms with Crippen LogP contribution in [0.5, 0.6) is 5.75 Å². The molecule has 0 spiro atoms. The molecule has 0 saturated heterocycles. The van der Waals surface area contributed by atoms with Crippen molar-refractivity contribution in [2.75, 3.05) is 6.61 Å². The van der Waals surface area contributed by atoms with Gasteiger partial charge in [-0.25, -0.2) is 0 Å². The predicted molar refractivity (Wildman–Crippen MR) is 75.5 cm³/mol. The Balaban J connectivity index is 2.61. The van der Waals surface area contributed by atoms with Crippen molar-refractivity contribution in [1.29, 1.82) is 0 Å². The molecule has 1 rings (SSSR count). The zero-order valence-electron chi connectivity index (χ0n) is 11.8. The summed E-state index contributed by atoms with van der Waals surface area (Å²) in [6.45, 7) is 5.98. The lowest BCUT2D eigenvalue weighted by Crippen LogP contribution is -2.32. The van der Waals surface area contributed by atoms with Crippen molar-refractivity contribution in [1.82, 2.24) is 5.32 Å². The van der Waals surface area contributed by atoms with Gasteiger partial charge < -0.3 is 15.2 Å². The summed E-state index contributed by atoms with van der Waals surface area (Å²) in [6, 6.07) is 7.21. The minimum Gasteiger partial charge on any atom is -0.491 e. The first-order valence-electron chi connectivity index (χ1n) is 6.71. The van der Waals surface area contributed by atoms with E-state index in [1.807, 2.05) is 32.9 Å². The fourth-order valence-corrected chi connectivity index (χ4v) is 1.76. The van der Waals surface area contributed by atoms with E-state index in [-0.39, 0.29) is 24.7 Å². The van der Waals surface area contributed by atoms with Gasteiger partial charge in [0.05, 0.1) is 6.10 Å². The lowest BCUT2D eigenvalue weighted by molar-refractivity contribution is 0.0935. The van der Waals surface area contributed by atoms with E-state index in [4.69, 9.17) is 9.84 Å². The standard InChI is InChI=1S/C15H23NO3/c1-11(2)19-14-8-4-7-13(10-14)15(18)16-12(3)6-5-9-17/h4,7-8,10-12,17H,5-6,9H2,1-3H3,(H,16,18). The van der Waals surface area contributed by atoms with Crippen LogP contribution in [0.3, 0.4) is 0 Å². The number of aliphatic hydroxyl groups is 1. The summed E-state index contributed by atoms with van der Waals surface area (Å²) >= 11 is 0. The molecule has 0 fully saturated rings. The monoisotopic (exact) mass is 265 g/mol. The molecule has 0 aliphatic carbocycles. The highest BCUT2D eigenvalue weighted by Crippen LogP contribution is 2.15. The summed E-state index contributed by atoms with van der Waals surface area (Å²) in [6.07, 6.45) is 1.55. The average molecular weight is 265 g/mol. The van der Waals surface area contributed by atoms with E-state index in [0.29, 0.717) is 17.7 Å². The van der Waals surface area contributed by atoms with Gasteiger partial charge in [0, 0.05) is 18.2 Å². The van der Waals surface area contributed by atoms with E-state index in [1.165, 1.54) is 0 Å². The number of amides is 1. The Morgan fingerprint density at radius 2 is 2.11 bits per heavy atom. The third-order valence-corrected chi connectivity index (χ3v) is 2.64. The molecular weight excluding hydrogens is 242 g/mol. The summed E-state index contributed by atoms with van der Waals surface area (Å²) in [4.78, 5) is 12.0. The zero-order valence-corrected chi connectivity index (χ0v) is 11.8. The Labute approximate surface area is 114 Å². The van der Waals surface area contributed by atoms with Gasteiger partial charge in [-0.15, -0.1) is 0 Å². The van der Waals surface area contributed by atoms with Gasteiger partial charge in [-0.3, -0.25) is 4.79 Å². The SMILES string of the molecule is CC(CCCO)NC(=O)c1cccc(OC(C)C)c1. The van der Waals surface area contributed by atoms with Gasteiger partial charge >= 0.3 is 0 Å². The summed E-state index contributed by atoms with van der Waals surface area (Å²) < 4.78 is 5.56. The maximum Gasteiger partial charge on any atom is 0.251 e. The Morgan fingerprint density at radius 1 is 1.37 bits per heavy atom. The number of carbonyl (C=O) groups excluding carboxylic acids is 1. The normalized spacial score (nSPS) is 12.3. The number of benzene rings is 1. The molecule has 1 amide bonds. The molecule has 4 nitrogen and oxygen atoms in total. The molecule has 0 aromatic heterocycles. The van der Waals surface area contributed by atoms with Crippen molar-refractivity contribution in [3.05, 3.63) is 29.8 Å². The van der Waals surface area contributed by atoms with Crippen molar-refractivity contribution in [2.24, 2.45) is 0 Å². The number of aliphatic hydroxyl groups excluding tert-OH is 1. The lowest BCUT2D eigenvalue weighted by Gasteiger charge is -2.14. The fraction of sp³-hybridized carbons (Fsp3) is 0.533. The first kappa shape index (κ1) is 15.5. The second-order valence-electron chi connectivity index (χ2n) is 4.93. The van der Waals surface area contributed by atoms with Crippen LogP contribution >= 0.6 is 0 Å². The van der Waals surface area contributed by atoms with E-state index in [9.17, 15) is 4.79 Å². The Kier molecular flexibility index (Phi) is 6.36. The maximum absolute atomic E-state index is 12.0. The van der Waals surface area contributed by atoms with Crippen LogP contribution in [0.1, 0.15) is 44.0 Å². The smallest absolute Gasteiger partial charge is 0.251 e. The van der Waals surface area contributed by atoms with Crippen LogP contribution in [0.2, 0.25) is 0 Å². The van der Waals surface area contributed by atoms with Crippen molar-refractivity contribution < 1.29 is 14.6 Å². The minimum absolute atomic E-state index is 0.0503. The first-order chi connectivity index (χ1) is 9.02. The number of hydrogen-bond acceptors (Lipinski definition) is 3. The van der Waals surface area contributed by atoms with Crippen molar-refractivity contribution in [2.45, 2.75) is 45.8 Å². The second kappa shape index (κ2) is 7.79. The van der Waals surface area contributed by atoms with E-state index >= 15 is 0 Å². The largest absolute Gasteiger partial charge is 0.491 e. The van der Waals surface area contributed by atoms with Crippen LogP contribution in [0.25, 0.3) is 0 Å². The van der Waals surface area contributed by atoms with Crippen molar-refractivity contribution >= 4 is 5.91 Å². The van der Waals surface area contributed by atoms with E-state index in [0.717, 1.165) is 6.42 Å². The highest BCUT2D eigenvalue weighted by Gasteiger charge is 2.10. The van der Waals surface area contributed by atoms with E-state index in [1.54, 1.807) is 12.1 Å². The Hall–Kier alpha value is -1.55. The minimum atomic E-state index is -0.111. The number of hydrogen-bond donors (Lipinski definition) is 2. The molecule has 0 saturated carbocycles. The molecule has 0 aliphatic rings. The molecule has 1 aromatic rings. The molecule has 4 heteroatoms. The molecule has 19 heavy (non-hydrogen) atoms. The van der Waals surface area contributed by atoms with Crippen LogP contribution in [-0.4, -0.2) is 29.8 Å². The van der Waals surface area contributed by atoms with Gasteiger partial charge in [0.2, 0.25) is 0 Å². The molecule has 106 valence electrons. The zero-order chi connectivity index (χ0) is 14.3. The first-order valence-corrected chi connectivity index (χ1v) is 6.71. The molecular formula is C15H23NO3. The molecule has 1 aromatic carbocycles. The van der Waals surface area contributed by atoms with E-state index in [2.05, 4.69) is 5.32 Å². The van der Waals surface area contributed by atoms with Gasteiger partial charge in [0.1, 0.15) is 5.75 Å². The Morgan fingerprint density at radius 3 is 2.74 bits per heavy atom.